The fourth-order valence-electron chi connectivity index (χ4n) is 1.69. The molecule has 0 saturated carbocycles. The Hall–Kier alpha value is -2.03. The molecular formula is C15H16N2O. The van der Waals surface area contributed by atoms with Gasteiger partial charge in [0, 0.05) is 11.8 Å². The lowest BCUT2D eigenvalue weighted by Gasteiger charge is -2.18. The second-order valence-corrected chi connectivity index (χ2v) is 5.25. The van der Waals surface area contributed by atoms with E-state index in [-0.39, 0.29) is 11.2 Å². The molecule has 0 N–H and O–H groups in total. The second-order valence-electron chi connectivity index (χ2n) is 5.25. The number of benzene rings is 1. The fraction of sp³-hybridized carbons (Fsp3) is 0.267. The number of aromatic nitrogens is 2. The third-order valence-electron chi connectivity index (χ3n) is 2.83. The number of ketones is 1. The SMILES string of the molecule is CC(C)(C)c1ccc(C(=O)c2ccncn2)cc1. The first-order valence-electron chi connectivity index (χ1n) is 5.90. The van der Waals surface area contributed by atoms with Crippen LogP contribution in [0.1, 0.15) is 42.4 Å². The summed E-state index contributed by atoms with van der Waals surface area (Å²) in [6.07, 6.45) is 2.96. The lowest BCUT2D eigenvalue weighted by molar-refractivity contribution is 0.103. The molecule has 0 radical (unpaired) electrons. The van der Waals surface area contributed by atoms with E-state index >= 15 is 0 Å². The summed E-state index contributed by atoms with van der Waals surface area (Å²) < 4.78 is 0. The molecule has 2 rings (SSSR count). The van der Waals surface area contributed by atoms with Gasteiger partial charge in [-0.05, 0) is 17.0 Å². The van der Waals surface area contributed by atoms with Crippen LogP contribution in [0.4, 0.5) is 0 Å². The summed E-state index contributed by atoms with van der Waals surface area (Å²) in [7, 11) is 0. The van der Waals surface area contributed by atoms with Gasteiger partial charge in [-0.1, -0.05) is 45.0 Å². The molecule has 2 aromatic rings. The van der Waals surface area contributed by atoms with Crippen molar-refractivity contribution in [1.82, 2.24) is 9.97 Å². The van der Waals surface area contributed by atoms with Crippen molar-refractivity contribution in [3.8, 4) is 0 Å². The Morgan fingerprint density at radius 2 is 1.72 bits per heavy atom. The fourth-order valence-corrected chi connectivity index (χ4v) is 1.69. The molecule has 0 aliphatic rings. The lowest BCUT2D eigenvalue weighted by Crippen LogP contribution is -2.11. The Morgan fingerprint density at radius 3 is 2.22 bits per heavy atom. The highest BCUT2D eigenvalue weighted by Crippen LogP contribution is 2.22. The summed E-state index contributed by atoms with van der Waals surface area (Å²) in [6, 6.07) is 9.32. The Kier molecular flexibility index (Phi) is 3.24. The Labute approximate surface area is 107 Å². The highest BCUT2D eigenvalue weighted by Gasteiger charge is 2.15. The van der Waals surface area contributed by atoms with E-state index < -0.39 is 0 Å². The van der Waals surface area contributed by atoms with Crippen molar-refractivity contribution in [2.24, 2.45) is 0 Å². The van der Waals surface area contributed by atoms with Crippen molar-refractivity contribution >= 4 is 5.78 Å². The predicted molar refractivity (Wildman–Crippen MR) is 70.6 cm³/mol. The third kappa shape index (κ3) is 2.62. The molecule has 0 saturated heterocycles. The Morgan fingerprint density at radius 1 is 1.06 bits per heavy atom. The van der Waals surface area contributed by atoms with Gasteiger partial charge in [-0.3, -0.25) is 4.79 Å². The van der Waals surface area contributed by atoms with Crippen LogP contribution in [0.2, 0.25) is 0 Å². The first-order chi connectivity index (χ1) is 8.48. The highest BCUT2D eigenvalue weighted by atomic mass is 16.1. The van der Waals surface area contributed by atoms with Crippen molar-refractivity contribution in [2.75, 3.05) is 0 Å². The van der Waals surface area contributed by atoms with E-state index in [1.54, 1.807) is 12.3 Å². The molecule has 0 fully saturated rings. The minimum Gasteiger partial charge on any atom is -0.287 e. The van der Waals surface area contributed by atoms with E-state index in [2.05, 4.69) is 30.7 Å². The van der Waals surface area contributed by atoms with Crippen LogP contribution in [-0.2, 0) is 5.41 Å². The number of hydrogen-bond donors (Lipinski definition) is 0. The summed E-state index contributed by atoms with van der Waals surface area (Å²) in [4.78, 5) is 19.9. The maximum absolute atomic E-state index is 12.1. The van der Waals surface area contributed by atoms with E-state index in [9.17, 15) is 4.79 Å². The molecule has 1 aromatic carbocycles. The smallest absolute Gasteiger partial charge is 0.211 e. The number of carbonyl (C=O) groups is 1. The molecule has 0 bridgehead atoms. The monoisotopic (exact) mass is 240 g/mol. The van der Waals surface area contributed by atoms with Crippen molar-refractivity contribution in [1.29, 1.82) is 0 Å². The van der Waals surface area contributed by atoms with Gasteiger partial charge in [0.05, 0.1) is 0 Å². The quantitative estimate of drug-likeness (QED) is 0.758. The third-order valence-corrected chi connectivity index (χ3v) is 2.83. The van der Waals surface area contributed by atoms with Crippen LogP contribution in [-0.4, -0.2) is 15.8 Å². The van der Waals surface area contributed by atoms with Crippen molar-refractivity contribution in [2.45, 2.75) is 26.2 Å². The average molecular weight is 240 g/mol. The van der Waals surface area contributed by atoms with Gasteiger partial charge in [0.2, 0.25) is 5.78 Å². The summed E-state index contributed by atoms with van der Waals surface area (Å²) in [5.74, 6) is -0.0714. The predicted octanol–water partition coefficient (Wildman–Crippen LogP) is 3.01. The van der Waals surface area contributed by atoms with Gasteiger partial charge in [0.25, 0.3) is 0 Å². The van der Waals surface area contributed by atoms with Crippen LogP contribution in [0.15, 0.2) is 42.9 Å². The first kappa shape index (κ1) is 12.4. The summed E-state index contributed by atoms with van der Waals surface area (Å²) in [5.41, 5.74) is 2.38. The van der Waals surface area contributed by atoms with E-state index in [0.29, 0.717) is 11.3 Å². The molecule has 0 spiro atoms. The number of carbonyl (C=O) groups excluding carboxylic acids is 1. The topological polar surface area (TPSA) is 42.9 Å². The van der Waals surface area contributed by atoms with Gasteiger partial charge >= 0.3 is 0 Å². The van der Waals surface area contributed by atoms with Gasteiger partial charge in [-0.15, -0.1) is 0 Å². The minimum atomic E-state index is -0.0714. The van der Waals surface area contributed by atoms with Crippen LogP contribution >= 0.6 is 0 Å². The molecule has 18 heavy (non-hydrogen) atoms. The minimum absolute atomic E-state index is 0.0714. The summed E-state index contributed by atoms with van der Waals surface area (Å²) >= 11 is 0. The maximum atomic E-state index is 12.1. The molecule has 1 heterocycles. The number of nitrogens with zero attached hydrogens (tertiary/aromatic N) is 2. The first-order valence-corrected chi connectivity index (χ1v) is 5.90. The molecule has 3 nitrogen and oxygen atoms in total. The standard InChI is InChI=1S/C15H16N2O/c1-15(2,3)12-6-4-11(5-7-12)14(18)13-8-9-16-10-17-13/h4-10H,1-3H3. The molecule has 0 amide bonds. The van der Waals surface area contributed by atoms with Crippen molar-refractivity contribution in [3.05, 3.63) is 59.7 Å². The molecule has 92 valence electrons. The molecule has 0 atom stereocenters. The van der Waals surface area contributed by atoms with E-state index in [0.717, 1.165) is 0 Å². The van der Waals surface area contributed by atoms with E-state index in [1.807, 2.05) is 24.3 Å². The van der Waals surface area contributed by atoms with E-state index in [1.165, 1.54) is 11.9 Å². The Bertz CT molecular complexity index is 539. The zero-order valence-corrected chi connectivity index (χ0v) is 10.8. The van der Waals surface area contributed by atoms with Gasteiger partial charge in [-0.25, -0.2) is 9.97 Å². The van der Waals surface area contributed by atoms with Crippen molar-refractivity contribution in [3.63, 3.8) is 0 Å². The van der Waals surface area contributed by atoms with Crippen LogP contribution in [0.5, 0.6) is 0 Å². The summed E-state index contributed by atoms with van der Waals surface area (Å²) in [6.45, 7) is 6.44. The maximum Gasteiger partial charge on any atom is 0.211 e. The highest BCUT2D eigenvalue weighted by molar-refractivity contribution is 6.07. The van der Waals surface area contributed by atoms with Crippen LogP contribution in [0.25, 0.3) is 0 Å². The van der Waals surface area contributed by atoms with Crippen LogP contribution in [0.3, 0.4) is 0 Å². The normalized spacial score (nSPS) is 11.3. The zero-order chi connectivity index (χ0) is 13.2. The molecular weight excluding hydrogens is 224 g/mol. The zero-order valence-electron chi connectivity index (χ0n) is 10.8. The molecule has 0 aliphatic carbocycles. The second kappa shape index (κ2) is 4.69. The lowest BCUT2D eigenvalue weighted by atomic mass is 9.86. The van der Waals surface area contributed by atoms with Gasteiger partial charge < -0.3 is 0 Å². The van der Waals surface area contributed by atoms with Gasteiger partial charge in [0.1, 0.15) is 12.0 Å². The van der Waals surface area contributed by atoms with Crippen molar-refractivity contribution < 1.29 is 4.79 Å². The average Bonchev–Trinajstić information content (AvgIpc) is 2.38. The number of rotatable bonds is 2. The molecule has 0 unspecified atom stereocenters. The van der Waals surface area contributed by atoms with Crippen LogP contribution < -0.4 is 0 Å². The van der Waals surface area contributed by atoms with Gasteiger partial charge in [0.15, 0.2) is 0 Å². The largest absolute Gasteiger partial charge is 0.287 e. The molecule has 3 heteroatoms. The molecule has 1 aromatic heterocycles. The number of hydrogen-bond acceptors (Lipinski definition) is 3. The summed E-state index contributed by atoms with van der Waals surface area (Å²) in [5, 5.41) is 0. The van der Waals surface area contributed by atoms with E-state index in [4.69, 9.17) is 0 Å². The van der Waals surface area contributed by atoms with Gasteiger partial charge in [-0.2, -0.15) is 0 Å². The van der Waals surface area contributed by atoms with Crippen LogP contribution in [0, 0.1) is 0 Å². The molecule has 0 aliphatic heterocycles. The Balaban J connectivity index is 2.28.